The SMILES string of the molecule is CCCS(=O)(=O)N1CCCC1C(=O)NCC(N)c1ccccc1.Cl. The van der Waals surface area contributed by atoms with Crippen LogP contribution in [0.2, 0.25) is 0 Å². The lowest BCUT2D eigenvalue weighted by molar-refractivity contribution is -0.124. The van der Waals surface area contributed by atoms with Crippen LogP contribution < -0.4 is 11.1 Å². The average molecular weight is 376 g/mol. The molecule has 24 heavy (non-hydrogen) atoms. The van der Waals surface area contributed by atoms with Crippen molar-refractivity contribution in [3.05, 3.63) is 35.9 Å². The molecule has 8 heteroatoms. The minimum atomic E-state index is -3.35. The maximum Gasteiger partial charge on any atom is 0.238 e. The first-order valence-electron chi connectivity index (χ1n) is 8.03. The van der Waals surface area contributed by atoms with E-state index in [1.807, 2.05) is 37.3 Å². The molecule has 1 heterocycles. The summed E-state index contributed by atoms with van der Waals surface area (Å²) in [4.78, 5) is 12.4. The number of benzene rings is 1. The summed E-state index contributed by atoms with van der Waals surface area (Å²) in [6.45, 7) is 2.54. The molecule has 3 N–H and O–H groups in total. The number of nitrogens with zero attached hydrogens (tertiary/aromatic N) is 1. The highest BCUT2D eigenvalue weighted by Gasteiger charge is 2.37. The summed E-state index contributed by atoms with van der Waals surface area (Å²) in [7, 11) is -3.35. The minimum Gasteiger partial charge on any atom is -0.353 e. The number of hydrogen-bond donors (Lipinski definition) is 2. The van der Waals surface area contributed by atoms with Crippen molar-refractivity contribution in [2.45, 2.75) is 38.3 Å². The zero-order valence-corrected chi connectivity index (χ0v) is 15.5. The van der Waals surface area contributed by atoms with Gasteiger partial charge in [-0.3, -0.25) is 4.79 Å². The average Bonchev–Trinajstić information content (AvgIpc) is 3.03. The number of nitrogens with two attached hydrogens (primary N) is 1. The van der Waals surface area contributed by atoms with E-state index in [9.17, 15) is 13.2 Å². The Balaban J connectivity index is 0.00000288. The van der Waals surface area contributed by atoms with Gasteiger partial charge in [-0.15, -0.1) is 12.4 Å². The Labute approximate surface area is 150 Å². The van der Waals surface area contributed by atoms with Gasteiger partial charge in [0.1, 0.15) is 6.04 Å². The number of hydrogen-bond acceptors (Lipinski definition) is 4. The van der Waals surface area contributed by atoms with Gasteiger partial charge in [0.05, 0.1) is 5.75 Å². The number of amides is 1. The quantitative estimate of drug-likeness (QED) is 0.754. The van der Waals surface area contributed by atoms with Crippen LogP contribution in [-0.2, 0) is 14.8 Å². The summed E-state index contributed by atoms with van der Waals surface area (Å²) in [5.41, 5.74) is 7.00. The van der Waals surface area contributed by atoms with E-state index in [4.69, 9.17) is 5.73 Å². The third-order valence-electron chi connectivity index (χ3n) is 4.05. The van der Waals surface area contributed by atoms with Crippen LogP contribution in [0.5, 0.6) is 0 Å². The Kier molecular flexibility index (Phi) is 8.15. The molecule has 2 rings (SSSR count). The molecule has 0 spiro atoms. The van der Waals surface area contributed by atoms with Crippen LogP contribution in [0.25, 0.3) is 0 Å². The molecule has 136 valence electrons. The predicted molar refractivity (Wildman–Crippen MR) is 97.4 cm³/mol. The highest BCUT2D eigenvalue weighted by atomic mass is 35.5. The topological polar surface area (TPSA) is 92.5 Å². The van der Waals surface area contributed by atoms with Gasteiger partial charge >= 0.3 is 0 Å². The zero-order valence-electron chi connectivity index (χ0n) is 13.8. The van der Waals surface area contributed by atoms with Gasteiger partial charge in [0.25, 0.3) is 0 Å². The molecule has 0 bridgehead atoms. The number of halogens is 1. The van der Waals surface area contributed by atoms with E-state index in [2.05, 4.69) is 5.32 Å². The number of rotatable bonds is 7. The fourth-order valence-corrected chi connectivity index (χ4v) is 4.60. The van der Waals surface area contributed by atoms with E-state index in [1.165, 1.54) is 4.31 Å². The number of carbonyl (C=O) groups is 1. The van der Waals surface area contributed by atoms with Crippen LogP contribution in [0.1, 0.15) is 37.8 Å². The first kappa shape index (κ1) is 20.9. The number of sulfonamides is 1. The van der Waals surface area contributed by atoms with Crippen molar-refractivity contribution in [1.29, 1.82) is 0 Å². The second-order valence-corrected chi connectivity index (χ2v) is 7.89. The van der Waals surface area contributed by atoms with E-state index < -0.39 is 16.1 Å². The number of nitrogens with one attached hydrogen (secondary N) is 1. The van der Waals surface area contributed by atoms with E-state index in [0.29, 0.717) is 32.4 Å². The van der Waals surface area contributed by atoms with Crippen molar-refractivity contribution >= 4 is 28.3 Å². The molecule has 0 aromatic heterocycles. The second kappa shape index (κ2) is 9.36. The van der Waals surface area contributed by atoms with E-state index >= 15 is 0 Å². The monoisotopic (exact) mass is 375 g/mol. The molecule has 1 aromatic carbocycles. The van der Waals surface area contributed by atoms with Crippen molar-refractivity contribution in [2.75, 3.05) is 18.8 Å². The Bertz CT molecular complexity index is 625. The lowest BCUT2D eigenvalue weighted by Gasteiger charge is -2.24. The predicted octanol–water partition coefficient (Wildman–Crippen LogP) is 1.43. The number of carbonyl (C=O) groups excluding carboxylic acids is 1. The molecular weight excluding hydrogens is 350 g/mol. The van der Waals surface area contributed by atoms with Crippen molar-refractivity contribution in [3.63, 3.8) is 0 Å². The van der Waals surface area contributed by atoms with Gasteiger partial charge in [-0.1, -0.05) is 37.3 Å². The highest BCUT2D eigenvalue weighted by Crippen LogP contribution is 2.22. The van der Waals surface area contributed by atoms with Gasteiger partial charge in [-0.25, -0.2) is 8.42 Å². The fourth-order valence-electron chi connectivity index (χ4n) is 2.86. The molecular formula is C16H26ClN3O3S. The molecule has 1 saturated heterocycles. The molecule has 6 nitrogen and oxygen atoms in total. The van der Waals surface area contributed by atoms with Crippen LogP contribution in [-0.4, -0.2) is 43.5 Å². The summed E-state index contributed by atoms with van der Waals surface area (Å²) in [5.74, 6) is -0.172. The summed E-state index contributed by atoms with van der Waals surface area (Å²) in [6.07, 6.45) is 1.83. The first-order valence-corrected chi connectivity index (χ1v) is 9.64. The molecule has 1 aliphatic heterocycles. The normalized spacial score (nSPS) is 19.5. The molecule has 2 unspecified atom stereocenters. The Morgan fingerprint density at radius 1 is 1.38 bits per heavy atom. The molecule has 1 amide bonds. The third-order valence-corrected chi connectivity index (χ3v) is 6.13. The molecule has 0 radical (unpaired) electrons. The van der Waals surface area contributed by atoms with Crippen LogP contribution in [0.15, 0.2) is 30.3 Å². The lowest BCUT2D eigenvalue weighted by atomic mass is 10.1. The summed E-state index contributed by atoms with van der Waals surface area (Å²) < 4.78 is 25.8. The first-order chi connectivity index (χ1) is 11.0. The largest absolute Gasteiger partial charge is 0.353 e. The summed E-state index contributed by atoms with van der Waals surface area (Å²) in [6, 6.07) is 8.61. The van der Waals surface area contributed by atoms with Crippen LogP contribution >= 0.6 is 12.4 Å². The Morgan fingerprint density at radius 3 is 2.67 bits per heavy atom. The van der Waals surface area contributed by atoms with Gasteiger partial charge in [0.15, 0.2) is 0 Å². The minimum absolute atomic E-state index is 0. The zero-order chi connectivity index (χ0) is 16.9. The maximum absolute atomic E-state index is 12.4. The van der Waals surface area contributed by atoms with Gasteiger partial charge in [0.2, 0.25) is 15.9 Å². The van der Waals surface area contributed by atoms with E-state index in [0.717, 1.165) is 5.56 Å². The van der Waals surface area contributed by atoms with Gasteiger partial charge in [-0.05, 0) is 24.8 Å². The fraction of sp³-hybridized carbons (Fsp3) is 0.562. The lowest BCUT2D eigenvalue weighted by Crippen LogP contribution is -2.47. The Morgan fingerprint density at radius 2 is 2.04 bits per heavy atom. The summed E-state index contributed by atoms with van der Waals surface area (Å²) >= 11 is 0. The molecule has 1 aromatic rings. The van der Waals surface area contributed by atoms with Crippen LogP contribution in [0, 0.1) is 0 Å². The van der Waals surface area contributed by atoms with E-state index in [1.54, 1.807) is 0 Å². The van der Waals surface area contributed by atoms with E-state index in [-0.39, 0.29) is 30.1 Å². The van der Waals surface area contributed by atoms with Crippen molar-refractivity contribution in [3.8, 4) is 0 Å². The molecule has 0 saturated carbocycles. The van der Waals surface area contributed by atoms with Crippen molar-refractivity contribution < 1.29 is 13.2 Å². The highest BCUT2D eigenvalue weighted by molar-refractivity contribution is 7.89. The molecule has 0 aliphatic carbocycles. The van der Waals surface area contributed by atoms with Crippen LogP contribution in [0.3, 0.4) is 0 Å². The standard InChI is InChI=1S/C16H25N3O3S.ClH/c1-2-11-23(21,22)19-10-6-9-15(19)16(20)18-12-14(17)13-7-4-3-5-8-13;/h3-5,7-8,14-15H,2,6,9-12,17H2,1H3,(H,18,20);1H. The third kappa shape index (κ3) is 5.17. The van der Waals surface area contributed by atoms with Crippen molar-refractivity contribution in [1.82, 2.24) is 9.62 Å². The van der Waals surface area contributed by atoms with Crippen LogP contribution in [0.4, 0.5) is 0 Å². The van der Waals surface area contributed by atoms with Gasteiger partial charge < -0.3 is 11.1 Å². The van der Waals surface area contributed by atoms with Gasteiger partial charge in [-0.2, -0.15) is 4.31 Å². The second-order valence-electron chi connectivity index (χ2n) is 5.85. The smallest absolute Gasteiger partial charge is 0.238 e. The molecule has 2 atom stereocenters. The summed E-state index contributed by atoms with van der Waals surface area (Å²) in [5, 5.41) is 2.80. The van der Waals surface area contributed by atoms with Crippen molar-refractivity contribution in [2.24, 2.45) is 5.73 Å². The maximum atomic E-state index is 12.4. The Hall–Kier alpha value is -1.15. The molecule has 1 aliphatic rings. The van der Waals surface area contributed by atoms with Gasteiger partial charge in [0, 0.05) is 19.1 Å². The molecule has 1 fully saturated rings.